The van der Waals surface area contributed by atoms with Crippen LogP contribution in [0.4, 0.5) is 0 Å². The molecule has 0 bridgehead atoms. The van der Waals surface area contributed by atoms with Gasteiger partial charge in [0.1, 0.15) is 0 Å². The van der Waals surface area contributed by atoms with Gasteiger partial charge in [-0.15, -0.1) is 0 Å². The average molecular weight is 212 g/mol. The van der Waals surface area contributed by atoms with Crippen LogP contribution in [0.5, 0.6) is 0 Å². The third-order valence-corrected chi connectivity index (χ3v) is 3.83. The van der Waals surface area contributed by atoms with Gasteiger partial charge in [0.25, 0.3) is 0 Å². The SMILES string of the molecule is CCCC(C)C(=O)NC1CC(N)C1(C)C. The summed E-state index contributed by atoms with van der Waals surface area (Å²) in [4.78, 5) is 11.8. The van der Waals surface area contributed by atoms with Crippen molar-refractivity contribution in [2.45, 2.75) is 59.0 Å². The average Bonchev–Trinajstić information content (AvgIpc) is 2.17. The molecule has 1 aliphatic carbocycles. The Balaban J connectivity index is 2.40. The fourth-order valence-corrected chi connectivity index (χ4v) is 2.08. The van der Waals surface area contributed by atoms with E-state index in [9.17, 15) is 4.79 Å². The first-order valence-corrected chi connectivity index (χ1v) is 5.95. The molecular weight excluding hydrogens is 188 g/mol. The van der Waals surface area contributed by atoms with Crippen LogP contribution < -0.4 is 11.1 Å². The van der Waals surface area contributed by atoms with Crippen LogP contribution >= 0.6 is 0 Å². The number of carbonyl (C=O) groups excluding carboxylic acids is 1. The topological polar surface area (TPSA) is 55.1 Å². The van der Waals surface area contributed by atoms with Gasteiger partial charge in [0.2, 0.25) is 5.91 Å². The lowest BCUT2D eigenvalue weighted by Gasteiger charge is -2.50. The van der Waals surface area contributed by atoms with E-state index in [1.165, 1.54) is 0 Å². The summed E-state index contributed by atoms with van der Waals surface area (Å²) in [5.41, 5.74) is 5.96. The molecule has 0 aromatic heterocycles. The second-order valence-corrected chi connectivity index (χ2v) is 5.41. The maximum absolute atomic E-state index is 11.8. The Morgan fingerprint density at radius 2 is 2.20 bits per heavy atom. The van der Waals surface area contributed by atoms with Crippen molar-refractivity contribution in [3.63, 3.8) is 0 Å². The molecule has 0 saturated heterocycles. The molecule has 3 heteroatoms. The minimum Gasteiger partial charge on any atom is -0.352 e. The fraction of sp³-hybridized carbons (Fsp3) is 0.917. The molecule has 15 heavy (non-hydrogen) atoms. The summed E-state index contributed by atoms with van der Waals surface area (Å²) in [7, 11) is 0. The lowest BCUT2D eigenvalue weighted by atomic mass is 9.63. The van der Waals surface area contributed by atoms with Crippen LogP contribution in [0.3, 0.4) is 0 Å². The first-order chi connectivity index (χ1) is 6.89. The van der Waals surface area contributed by atoms with Crippen molar-refractivity contribution in [3.05, 3.63) is 0 Å². The lowest BCUT2D eigenvalue weighted by molar-refractivity contribution is -0.128. The molecule has 1 aliphatic rings. The molecule has 3 unspecified atom stereocenters. The predicted molar refractivity (Wildman–Crippen MR) is 62.4 cm³/mol. The van der Waals surface area contributed by atoms with Crippen molar-refractivity contribution >= 4 is 5.91 Å². The highest BCUT2D eigenvalue weighted by molar-refractivity contribution is 5.78. The van der Waals surface area contributed by atoms with Crippen LogP contribution in [0.15, 0.2) is 0 Å². The summed E-state index contributed by atoms with van der Waals surface area (Å²) in [6, 6.07) is 0.489. The Hall–Kier alpha value is -0.570. The van der Waals surface area contributed by atoms with E-state index in [4.69, 9.17) is 5.73 Å². The fourth-order valence-electron chi connectivity index (χ4n) is 2.08. The summed E-state index contributed by atoms with van der Waals surface area (Å²) >= 11 is 0. The van der Waals surface area contributed by atoms with Crippen LogP contribution in [-0.2, 0) is 4.79 Å². The maximum atomic E-state index is 11.8. The lowest BCUT2D eigenvalue weighted by Crippen LogP contribution is -2.64. The maximum Gasteiger partial charge on any atom is 0.223 e. The molecule has 3 nitrogen and oxygen atoms in total. The molecule has 0 heterocycles. The van der Waals surface area contributed by atoms with Gasteiger partial charge in [-0.2, -0.15) is 0 Å². The van der Waals surface area contributed by atoms with Crippen LogP contribution in [0.2, 0.25) is 0 Å². The first kappa shape index (κ1) is 12.5. The Labute approximate surface area is 92.8 Å². The van der Waals surface area contributed by atoms with Crippen LogP contribution in [0.25, 0.3) is 0 Å². The molecule has 0 radical (unpaired) electrons. The molecule has 0 aromatic carbocycles. The highest BCUT2D eigenvalue weighted by atomic mass is 16.1. The van der Waals surface area contributed by atoms with E-state index in [2.05, 4.69) is 26.1 Å². The van der Waals surface area contributed by atoms with Crippen molar-refractivity contribution in [1.29, 1.82) is 0 Å². The third-order valence-electron chi connectivity index (χ3n) is 3.83. The number of nitrogens with two attached hydrogens (primary N) is 1. The number of hydrogen-bond donors (Lipinski definition) is 2. The summed E-state index contributed by atoms with van der Waals surface area (Å²) in [5.74, 6) is 0.310. The van der Waals surface area contributed by atoms with Gasteiger partial charge in [-0.25, -0.2) is 0 Å². The van der Waals surface area contributed by atoms with Crippen molar-refractivity contribution in [1.82, 2.24) is 5.32 Å². The molecule has 0 aromatic rings. The van der Waals surface area contributed by atoms with E-state index < -0.39 is 0 Å². The van der Waals surface area contributed by atoms with Crippen LogP contribution in [0, 0.1) is 11.3 Å². The first-order valence-electron chi connectivity index (χ1n) is 5.95. The Morgan fingerprint density at radius 1 is 1.60 bits per heavy atom. The second kappa shape index (κ2) is 4.52. The summed E-state index contributed by atoms with van der Waals surface area (Å²) in [5, 5.41) is 3.10. The van der Waals surface area contributed by atoms with E-state index in [1.54, 1.807) is 0 Å². The van der Waals surface area contributed by atoms with E-state index in [1.807, 2.05) is 6.92 Å². The molecular formula is C12H24N2O. The number of hydrogen-bond acceptors (Lipinski definition) is 2. The number of carbonyl (C=O) groups is 1. The standard InChI is InChI=1S/C12H24N2O/c1-5-6-8(2)11(15)14-10-7-9(13)12(10,3)4/h8-10H,5-7,13H2,1-4H3,(H,14,15). The van der Waals surface area contributed by atoms with E-state index >= 15 is 0 Å². The molecule has 0 aliphatic heterocycles. The van der Waals surface area contributed by atoms with Gasteiger partial charge >= 0.3 is 0 Å². The van der Waals surface area contributed by atoms with Gasteiger partial charge in [0, 0.05) is 23.4 Å². The van der Waals surface area contributed by atoms with Gasteiger partial charge in [0.15, 0.2) is 0 Å². The predicted octanol–water partition coefficient (Wildman–Crippen LogP) is 1.66. The zero-order chi connectivity index (χ0) is 11.6. The number of nitrogens with one attached hydrogen (secondary N) is 1. The third kappa shape index (κ3) is 2.51. The second-order valence-electron chi connectivity index (χ2n) is 5.41. The number of amides is 1. The van der Waals surface area contributed by atoms with Crippen LogP contribution in [-0.4, -0.2) is 18.0 Å². The zero-order valence-electron chi connectivity index (χ0n) is 10.3. The van der Waals surface area contributed by atoms with Gasteiger partial charge in [0.05, 0.1) is 0 Å². The normalized spacial score (nSPS) is 30.5. The highest BCUT2D eigenvalue weighted by Crippen LogP contribution is 2.39. The Morgan fingerprint density at radius 3 is 2.60 bits per heavy atom. The van der Waals surface area contributed by atoms with Gasteiger partial charge in [-0.05, 0) is 12.8 Å². The molecule has 3 atom stereocenters. The number of rotatable bonds is 4. The van der Waals surface area contributed by atoms with E-state index in [0.29, 0.717) is 0 Å². The highest BCUT2D eigenvalue weighted by Gasteiger charge is 2.46. The monoisotopic (exact) mass is 212 g/mol. The quantitative estimate of drug-likeness (QED) is 0.744. The van der Waals surface area contributed by atoms with Crippen molar-refractivity contribution < 1.29 is 4.79 Å². The molecule has 1 amide bonds. The van der Waals surface area contributed by atoms with E-state index in [0.717, 1.165) is 19.3 Å². The van der Waals surface area contributed by atoms with Gasteiger partial charge in [-0.1, -0.05) is 34.1 Å². The molecule has 3 N–H and O–H groups in total. The molecule has 88 valence electrons. The minimum absolute atomic E-state index is 0.0571. The van der Waals surface area contributed by atoms with Gasteiger partial charge < -0.3 is 11.1 Å². The molecule has 0 spiro atoms. The van der Waals surface area contributed by atoms with Crippen molar-refractivity contribution in [2.24, 2.45) is 17.1 Å². The van der Waals surface area contributed by atoms with Gasteiger partial charge in [-0.3, -0.25) is 4.79 Å². The minimum atomic E-state index is 0.0571. The summed E-state index contributed by atoms with van der Waals surface area (Å²) < 4.78 is 0. The largest absolute Gasteiger partial charge is 0.352 e. The van der Waals surface area contributed by atoms with E-state index in [-0.39, 0.29) is 29.3 Å². The Bertz CT molecular complexity index is 238. The molecule has 1 fully saturated rings. The van der Waals surface area contributed by atoms with Crippen molar-refractivity contribution in [2.75, 3.05) is 0 Å². The van der Waals surface area contributed by atoms with Crippen LogP contribution in [0.1, 0.15) is 47.0 Å². The summed E-state index contributed by atoms with van der Waals surface area (Å²) in [6.45, 7) is 8.34. The smallest absolute Gasteiger partial charge is 0.223 e. The summed E-state index contributed by atoms with van der Waals surface area (Å²) in [6.07, 6.45) is 2.94. The molecule has 1 rings (SSSR count). The Kier molecular flexibility index (Phi) is 3.77. The van der Waals surface area contributed by atoms with Crippen molar-refractivity contribution in [3.8, 4) is 0 Å². The molecule has 1 saturated carbocycles. The zero-order valence-corrected chi connectivity index (χ0v) is 10.3.